The lowest BCUT2D eigenvalue weighted by atomic mass is 10.1. The number of aromatic amines is 1. The summed E-state index contributed by atoms with van der Waals surface area (Å²) >= 11 is 1.35. The predicted molar refractivity (Wildman–Crippen MR) is 132 cm³/mol. The van der Waals surface area contributed by atoms with Crippen molar-refractivity contribution in [2.75, 3.05) is 18.8 Å². The van der Waals surface area contributed by atoms with Crippen LogP contribution >= 0.6 is 11.8 Å². The molecule has 0 bridgehead atoms. The summed E-state index contributed by atoms with van der Waals surface area (Å²) in [5.74, 6) is 0.908. The highest BCUT2D eigenvalue weighted by molar-refractivity contribution is 7.99. The van der Waals surface area contributed by atoms with Crippen LogP contribution in [-0.2, 0) is 6.42 Å². The van der Waals surface area contributed by atoms with E-state index in [1.165, 1.54) is 11.8 Å². The second-order valence-electron chi connectivity index (χ2n) is 8.25. The Morgan fingerprint density at radius 3 is 2.38 bits per heavy atom. The highest BCUT2D eigenvalue weighted by Gasteiger charge is 2.22. The normalized spacial score (nSPS) is 13.4. The number of para-hydroxylation sites is 1. The van der Waals surface area contributed by atoms with E-state index in [1.807, 2.05) is 58.0 Å². The first-order valence-corrected chi connectivity index (χ1v) is 12.3. The van der Waals surface area contributed by atoms with Gasteiger partial charge in [0.2, 0.25) is 0 Å². The molecular weight excluding hydrogens is 446 g/mol. The Balaban J connectivity index is 1.32. The van der Waals surface area contributed by atoms with Crippen LogP contribution in [0.15, 0.2) is 78.1 Å². The number of carbonyl (C=O) groups excluding carboxylic acids is 2. The van der Waals surface area contributed by atoms with Crippen LogP contribution in [0.1, 0.15) is 45.1 Å². The van der Waals surface area contributed by atoms with E-state index in [2.05, 4.69) is 27.3 Å². The fourth-order valence-corrected chi connectivity index (χ4v) is 4.97. The van der Waals surface area contributed by atoms with Crippen LogP contribution in [0.2, 0.25) is 0 Å². The standard InChI is InChI=1S/C26H25N5O2S/c32-23(20-16-22(27-17-20)25(33)30-13-7-8-14-30)18-34-26-29-28-24(15-19-9-3-1-4-10-19)31(26)21-11-5-2-6-12-21/h1-6,9-12,16-17,27H,7-8,13-15,18H2. The van der Waals surface area contributed by atoms with Crippen molar-refractivity contribution in [3.05, 3.63) is 95.6 Å². The summed E-state index contributed by atoms with van der Waals surface area (Å²) in [5, 5.41) is 9.49. The van der Waals surface area contributed by atoms with Gasteiger partial charge in [-0.2, -0.15) is 0 Å². The van der Waals surface area contributed by atoms with Crippen molar-refractivity contribution in [1.82, 2.24) is 24.6 Å². The Morgan fingerprint density at radius 1 is 0.941 bits per heavy atom. The molecule has 1 fully saturated rings. The number of hydrogen-bond donors (Lipinski definition) is 1. The second kappa shape index (κ2) is 10.1. The number of hydrogen-bond acceptors (Lipinski definition) is 5. The number of Topliss-reactive ketones (excluding diaryl/α,β-unsaturated/α-hetero) is 1. The molecular formula is C26H25N5O2S. The van der Waals surface area contributed by atoms with E-state index in [-0.39, 0.29) is 17.4 Å². The number of carbonyl (C=O) groups is 2. The van der Waals surface area contributed by atoms with Gasteiger partial charge in [-0.05, 0) is 36.6 Å². The first kappa shape index (κ1) is 22.2. The fraction of sp³-hybridized carbons (Fsp3) is 0.231. The molecule has 2 aromatic heterocycles. The molecule has 0 spiro atoms. The number of likely N-dealkylation sites (tertiary alicyclic amines) is 1. The Bertz CT molecular complexity index is 1280. The monoisotopic (exact) mass is 471 g/mol. The molecule has 172 valence electrons. The molecule has 0 atom stereocenters. The van der Waals surface area contributed by atoms with Crippen LogP contribution in [-0.4, -0.2) is 55.2 Å². The van der Waals surface area contributed by atoms with E-state index >= 15 is 0 Å². The average Bonchev–Trinajstić information content (AvgIpc) is 3.65. The first-order valence-electron chi connectivity index (χ1n) is 11.4. The lowest BCUT2D eigenvalue weighted by Gasteiger charge is -2.13. The van der Waals surface area contributed by atoms with Crippen LogP contribution in [0.5, 0.6) is 0 Å². The van der Waals surface area contributed by atoms with Gasteiger partial charge in [-0.25, -0.2) is 0 Å². The summed E-state index contributed by atoms with van der Waals surface area (Å²) in [4.78, 5) is 30.3. The molecule has 1 N–H and O–H groups in total. The van der Waals surface area contributed by atoms with Crippen LogP contribution < -0.4 is 0 Å². The van der Waals surface area contributed by atoms with Crippen molar-refractivity contribution >= 4 is 23.5 Å². The maximum Gasteiger partial charge on any atom is 0.270 e. The second-order valence-corrected chi connectivity index (χ2v) is 9.19. The van der Waals surface area contributed by atoms with Gasteiger partial charge in [-0.1, -0.05) is 60.3 Å². The van der Waals surface area contributed by atoms with Gasteiger partial charge in [0.05, 0.1) is 5.75 Å². The molecule has 1 aliphatic heterocycles. The summed E-state index contributed by atoms with van der Waals surface area (Å²) < 4.78 is 2.00. The molecule has 1 amide bonds. The average molecular weight is 472 g/mol. The summed E-state index contributed by atoms with van der Waals surface area (Å²) in [7, 11) is 0. The van der Waals surface area contributed by atoms with E-state index in [1.54, 1.807) is 12.3 Å². The van der Waals surface area contributed by atoms with Gasteiger partial charge in [-0.3, -0.25) is 14.2 Å². The summed E-state index contributed by atoms with van der Waals surface area (Å²) in [6, 6.07) is 21.7. The lowest BCUT2D eigenvalue weighted by molar-refractivity contribution is 0.0787. The third-order valence-electron chi connectivity index (χ3n) is 5.88. The summed E-state index contributed by atoms with van der Waals surface area (Å²) in [6.07, 6.45) is 4.32. The molecule has 4 aromatic rings. The smallest absolute Gasteiger partial charge is 0.270 e. The minimum absolute atomic E-state index is 0.0430. The highest BCUT2D eigenvalue weighted by Crippen LogP contribution is 2.24. The molecule has 7 nitrogen and oxygen atoms in total. The van der Waals surface area contributed by atoms with Crippen LogP contribution in [0.25, 0.3) is 5.69 Å². The van der Waals surface area contributed by atoms with Gasteiger partial charge in [0.15, 0.2) is 10.9 Å². The van der Waals surface area contributed by atoms with E-state index < -0.39 is 0 Å². The number of thioether (sulfide) groups is 1. The zero-order valence-electron chi connectivity index (χ0n) is 18.7. The zero-order valence-corrected chi connectivity index (χ0v) is 19.5. The Kier molecular flexibility index (Phi) is 6.58. The van der Waals surface area contributed by atoms with Gasteiger partial charge in [-0.15, -0.1) is 10.2 Å². The minimum atomic E-state index is -0.0612. The Labute approximate surface area is 202 Å². The molecule has 0 aliphatic carbocycles. The third-order valence-corrected chi connectivity index (χ3v) is 6.81. The maximum atomic E-state index is 12.9. The maximum absolute atomic E-state index is 12.9. The van der Waals surface area contributed by atoms with Crippen molar-refractivity contribution in [2.45, 2.75) is 24.4 Å². The number of nitrogens with one attached hydrogen (secondary N) is 1. The topological polar surface area (TPSA) is 83.9 Å². The Morgan fingerprint density at radius 2 is 1.65 bits per heavy atom. The quantitative estimate of drug-likeness (QED) is 0.304. The van der Waals surface area contributed by atoms with E-state index in [0.717, 1.165) is 43.0 Å². The molecule has 1 aliphatic rings. The van der Waals surface area contributed by atoms with Crippen LogP contribution in [0.4, 0.5) is 0 Å². The number of benzene rings is 2. The van der Waals surface area contributed by atoms with E-state index in [4.69, 9.17) is 0 Å². The largest absolute Gasteiger partial charge is 0.356 e. The van der Waals surface area contributed by atoms with Gasteiger partial charge >= 0.3 is 0 Å². The van der Waals surface area contributed by atoms with Crippen molar-refractivity contribution in [1.29, 1.82) is 0 Å². The molecule has 1 saturated heterocycles. The molecule has 5 rings (SSSR count). The lowest BCUT2D eigenvalue weighted by Crippen LogP contribution is -2.27. The molecule has 34 heavy (non-hydrogen) atoms. The number of aromatic nitrogens is 4. The van der Waals surface area contributed by atoms with Crippen LogP contribution in [0, 0.1) is 0 Å². The van der Waals surface area contributed by atoms with Gasteiger partial charge in [0.25, 0.3) is 5.91 Å². The van der Waals surface area contributed by atoms with Gasteiger partial charge in [0.1, 0.15) is 11.5 Å². The van der Waals surface area contributed by atoms with Crippen LogP contribution in [0.3, 0.4) is 0 Å². The summed E-state index contributed by atoms with van der Waals surface area (Å²) in [5.41, 5.74) is 3.06. The van der Waals surface area contributed by atoms with Crippen molar-refractivity contribution in [3.8, 4) is 5.69 Å². The highest BCUT2D eigenvalue weighted by atomic mass is 32.2. The molecule has 3 heterocycles. The number of ketones is 1. The van der Waals surface area contributed by atoms with Crippen molar-refractivity contribution in [3.63, 3.8) is 0 Å². The van der Waals surface area contributed by atoms with E-state index in [9.17, 15) is 9.59 Å². The van der Waals surface area contributed by atoms with Gasteiger partial charge < -0.3 is 9.88 Å². The molecule has 0 radical (unpaired) electrons. The Hall–Kier alpha value is -3.65. The number of H-pyrrole nitrogens is 1. The zero-order chi connectivity index (χ0) is 23.3. The van der Waals surface area contributed by atoms with Crippen molar-refractivity contribution < 1.29 is 9.59 Å². The number of rotatable bonds is 8. The van der Waals surface area contributed by atoms with Crippen molar-refractivity contribution in [2.24, 2.45) is 0 Å². The summed E-state index contributed by atoms with van der Waals surface area (Å²) in [6.45, 7) is 1.55. The van der Waals surface area contributed by atoms with Gasteiger partial charge in [0, 0.05) is 37.0 Å². The number of nitrogens with zero attached hydrogens (tertiary/aromatic N) is 4. The molecule has 8 heteroatoms. The number of amides is 1. The third kappa shape index (κ3) is 4.82. The SMILES string of the molecule is O=C(CSc1nnc(Cc2ccccc2)n1-c1ccccc1)c1c[nH]c(C(=O)N2CCCC2)c1. The molecule has 2 aromatic carbocycles. The first-order chi connectivity index (χ1) is 16.7. The van der Waals surface area contributed by atoms with E-state index in [0.29, 0.717) is 22.8 Å². The minimum Gasteiger partial charge on any atom is -0.356 e. The molecule has 0 unspecified atom stereocenters. The predicted octanol–water partition coefficient (Wildman–Crippen LogP) is 4.40. The molecule has 0 saturated carbocycles. The fourth-order valence-electron chi connectivity index (χ4n) is 4.11.